The lowest BCUT2D eigenvalue weighted by molar-refractivity contribution is 0.629. The molecule has 5 heteroatoms. The molecule has 0 atom stereocenters. The number of hydrogen-bond acceptors (Lipinski definition) is 3. The van der Waals surface area contributed by atoms with Crippen molar-refractivity contribution in [2.45, 2.75) is 0 Å². The lowest BCUT2D eigenvalue weighted by Crippen LogP contribution is -1.96. The van der Waals surface area contributed by atoms with Crippen molar-refractivity contribution in [2.75, 3.05) is 0 Å². The van der Waals surface area contributed by atoms with Crippen molar-refractivity contribution in [2.24, 2.45) is 0 Å². The van der Waals surface area contributed by atoms with Gasteiger partial charge >= 0.3 is 0 Å². The van der Waals surface area contributed by atoms with Crippen LogP contribution in [0.2, 0.25) is 0 Å². The van der Waals surface area contributed by atoms with E-state index in [1.807, 2.05) is 0 Å². The van der Waals surface area contributed by atoms with Gasteiger partial charge < -0.3 is 0 Å². The van der Waals surface area contributed by atoms with Crippen molar-refractivity contribution in [1.29, 1.82) is 0 Å². The summed E-state index contributed by atoms with van der Waals surface area (Å²) in [5, 5.41) is 7.65. The minimum atomic E-state index is -0.309. The molecule has 3 aromatic rings. The monoisotopic (exact) mass is 214 g/mol. The maximum atomic E-state index is 13.6. The van der Waals surface area contributed by atoms with Gasteiger partial charge in [-0.15, -0.1) is 10.2 Å². The molecule has 0 aliphatic rings. The molecule has 4 nitrogen and oxygen atoms in total. The molecule has 0 aliphatic heterocycles. The summed E-state index contributed by atoms with van der Waals surface area (Å²) in [7, 11) is 0. The zero-order chi connectivity index (χ0) is 11.0. The highest BCUT2D eigenvalue weighted by molar-refractivity contribution is 5.59. The van der Waals surface area contributed by atoms with Gasteiger partial charge in [0.05, 0.1) is 5.56 Å². The van der Waals surface area contributed by atoms with Crippen LogP contribution >= 0.6 is 0 Å². The Labute approximate surface area is 90.4 Å². The molecule has 2 aromatic heterocycles. The third kappa shape index (κ3) is 1.25. The Morgan fingerprint density at radius 3 is 2.88 bits per heavy atom. The minimum Gasteiger partial charge on any atom is -0.265 e. The highest BCUT2D eigenvalue weighted by atomic mass is 19.1. The second-order valence-electron chi connectivity index (χ2n) is 3.31. The van der Waals surface area contributed by atoms with Gasteiger partial charge in [0.25, 0.3) is 0 Å². The van der Waals surface area contributed by atoms with Crippen molar-refractivity contribution >= 4 is 5.65 Å². The summed E-state index contributed by atoms with van der Waals surface area (Å²) in [5.74, 6) is 0.191. The van der Waals surface area contributed by atoms with Gasteiger partial charge in [-0.1, -0.05) is 12.1 Å². The molecular weight excluding hydrogens is 207 g/mol. The highest BCUT2D eigenvalue weighted by Crippen LogP contribution is 2.20. The van der Waals surface area contributed by atoms with Crippen LogP contribution in [0.3, 0.4) is 0 Å². The summed E-state index contributed by atoms with van der Waals surface area (Å²) < 4.78 is 15.3. The second kappa shape index (κ2) is 3.37. The van der Waals surface area contributed by atoms with Gasteiger partial charge in [0.15, 0.2) is 5.65 Å². The van der Waals surface area contributed by atoms with Gasteiger partial charge in [-0.2, -0.15) is 0 Å². The van der Waals surface area contributed by atoms with E-state index >= 15 is 0 Å². The van der Waals surface area contributed by atoms with Crippen LogP contribution < -0.4 is 0 Å². The fourth-order valence-corrected chi connectivity index (χ4v) is 1.60. The highest BCUT2D eigenvalue weighted by Gasteiger charge is 2.09. The standard InChI is InChI=1S/C11H7FN4/c12-9-4-2-1-3-8(9)11-13-6-5-10-15-14-7-16(10)11/h1-7H. The van der Waals surface area contributed by atoms with E-state index in [0.717, 1.165) is 0 Å². The van der Waals surface area contributed by atoms with E-state index in [9.17, 15) is 4.39 Å². The van der Waals surface area contributed by atoms with E-state index in [0.29, 0.717) is 17.0 Å². The summed E-state index contributed by atoms with van der Waals surface area (Å²) in [5.41, 5.74) is 1.08. The van der Waals surface area contributed by atoms with Crippen LogP contribution in [-0.4, -0.2) is 19.6 Å². The molecule has 1 aromatic carbocycles. The quantitative estimate of drug-likeness (QED) is 0.621. The zero-order valence-corrected chi connectivity index (χ0v) is 8.21. The van der Waals surface area contributed by atoms with Crippen LogP contribution in [-0.2, 0) is 0 Å². The largest absolute Gasteiger partial charge is 0.265 e. The normalized spacial score (nSPS) is 10.8. The predicted molar refractivity (Wildman–Crippen MR) is 56.2 cm³/mol. The molecule has 0 unspecified atom stereocenters. The van der Waals surface area contributed by atoms with Crippen LogP contribution in [0.25, 0.3) is 17.0 Å². The summed E-state index contributed by atoms with van der Waals surface area (Å²) in [6.45, 7) is 0. The molecule has 0 N–H and O–H groups in total. The Bertz CT molecular complexity index is 647. The maximum Gasteiger partial charge on any atom is 0.163 e. The molecule has 0 aliphatic carbocycles. The summed E-state index contributed by atoms with van der Waals surface area (Å²) in [6, 6.07) is 8.21. The molecule has 0 saturated heterocycles. The molecule has 0 bridgehead atoms. The summed E-state index contributed by atoms with van der Waals surface area (Å²) in [6.07, 6.45) is 3.11. The number of hydrogen-bond donors (Lipinski definition) is 0. The van der Waals surface area contributed by atoms with E-state index in [1.54, 1.807) is 34.9 Å². The Hall–Kier alpha value is -2.30. The van der Waals surface area contributed by atoms with Crippen molar-refractivity contribution < 1.29 is 4.39 Å². The average molecular weight is 214 g/mol. The minimum absolute atomic E-state index is 0.309. The van der Waals surface area contributed by atoms with Gasteiger partial charge in [-0.3, -0.25) is 4.40 Å². The SMILES string of the molecule is Fc1ccccc1-c1nccc2nncn12. The smallest absolute Gasteiger partial charge is 0.163 e. The lowest BCUT2D eigenvalue weighted by Gasteiger charge is -2.03. The number of aromatic nitrogens is 4. The zero-order valence-electron chi connectivity index (χ0n) is 8.21. The molecule has 0 amide bonds. The van der Waals surface area contributed by atoms with Crippen molar-refractivity contribution in [1.82, 2.24) is 19.6 Å². The molecule has 3 rings (SSSR count). The van der Waals surface area contributed by atoms with Crippen LogP contribution in [0.4, 0.5) is 4.39 Å². The summed E-state index contributed by atoms with van der Waals surface area (Å²) in [4.78, 5) is 4.15. The van der Waals surface area contributed by atoms with Gasteiger partial charge in [0.1, 0.15) is 18.0 Å². The van der Waals surface area contributed by atoms with Crippen LogP contribution in [0.15, 0.2) is 42.9 Å². The molecule has 0 fully saturated rings. The Morgan fingerprint density at radius 2 is 2.00 bits per heavy atom. The second-order valence-corrected chi connectivity index (χ2v) is 3.31. The lowest BCUT2D eigenvalue weighted by atomic mass is 10.2. The number of rotatable bonds is 1. The molecule has 0 radical (unpaired) electrons. The number of halogens is 1. The van der Waals surface area contributed by atoms with E-state index in [2.05, 4.69) is 15.2 Å². The van der Waals surface area contributed by atoms with Crippen molar-refractivity contribution in [3.63, 3.8) is 0 Å². The molecule has 0 saturated carbocycles. The van der Waals surface area contributed by atoms with Gasteiger partial charge in [-0.05, 0) is 12.1 Å². The van der Waals surface area contributed by atoms with Crippen LogP contribution in [0.5, 0.6) is 0 Å². The van der Waals surface area contributed by atoms with E-state index in [4.69, 9.17) is 0 Å². The Morgan fingerprint density at radius 1 is 1.12 bits per heavy atom. The van der Waals surface area contributed by atoms with Gasteiger partial charge in [0, 0.05) is 12.3 Å². The van der Waals surface area contributed by atoms with E-state index in [-0.39, 0.29) is 5.82 Å². The third-order valence-electron chi connectivity index (χ3n) is 2.34. The van der Waals surface area contributed by atoms with Gasteiger partial charge in [0.2, 0.25) is 0 Å². The molecule has 2 heterocycles. The first kappa shape index (κ1) is 8.96. The third-order valence-corrected chi connectivity index (χ3v) is 2.34. The van der Waals surface area contributed by atoms with E-state index < -0.39 is 0 Å². The molecular formula is C11H7FN4. The fourth-order valence-electron chi connectivity index (χ4n) is 1.60. The topological polar surface area (TPSA) is 43.1 Å². The number of nitrogens with zero attached hydrogens (tertiary/aromatic N) is 4. The molecule has 0 spiro atoms. The molecule has 78 valence electrons. The fraction of sp³-hybridized carbons (Fsp3) is 0. The first-order valence-corrected chi connectivity index (χ1v) is 4.76. The maximum absolute atomic E-state index is 13.6. The van der Waals surface area contributed by atoms with Crippen LogP contribution in [0.1, 0.15) is 0 Å². The first-order valence-electron chi connectivity index (χ1n) is 4.76. The van der Waals surface area contributed by atoms with Gasteiger partial charge in [-0.25, -0.2) is 9.37 Å². The Kier molecular flexibility index (Phi) is 1.89. The Balaban J connectivity index is 2.34. The molecule has 16 heavy (non-hydrogen) atoms. The van der Waals surface area contributed by atoms with Crippen molar-refractivity contribution in [3.8, 4) is 11.4 Å². The van der Waals surface area contributed by atoms with E-state index in [1.165, 1.54) is 12.4 Å². The number of benzene rings is 1. The first-order chi connectivity index (χ1) is 7.86. The average Bonchev–Trinajstić information content (AvgIpc) is 2.77. The van der Waals surface area contributed by atoms with Crippen molar-refractivity contribution in [3.05, 3.63) is 48.7 Å². The summed E-state index contributed by atoms with van der Waals surface area (Å²) >= 11 is 0. The predicted octanol–water partition coefficient (Wildman–Crippen LogP) is 1.93. The number of fused-ring (bicyclic) bond motifs is 1. The van der Waals surface area contributed by atoms with Crippen LogP contribution in [0, 0.1) is 5.82 Å².